The molecule has 0 aromatic rings. The fourth-order valence-corrected chi connectivity index (χ4v) is 3.02. The van der Waals surface area contributed by atoms with Crippen LogP contribution in [-0.4, -0.2) is 33.6 Å². The average molecular weight is 282 g/mol. The Hall–Kier alpha value is -1.37. The molecule has 1 saturated heterocycles. The molecule has 0 aromatic carbocycles. The molecule has 3 aliphatic rings. The van der Waals surface area contributed by atoms with Crippen LogP contribution < -0.4 is 16.1 Å². The zero-order valence-corrected chi connectivity index (χ0v) is 11.5. The number of nitrogens with one attached hydrogen (secondary N) is 3. The molecule has 1 aliphatic heterocycles. The third-order valence-corrected chi connectivity index (χ3v) is 4.20. The third-order valence-electron chi connectivity index (χ3n) is 3.99. The lowest BCUT2D eigenvalue weighted by Crippen LogP contribution is -2.53. The first-order chi connectivity index (χ1) is 9.11. The van der Waals surface area contributed by atoms with Gasteiger partial charge in [0.2, 0.25) is 0 Å². The second-order valence-electron chi connectivity index (χ2n) is 5.57. The lowest BCUT2D eigenvalue weighted by molar-refractivity contribution is -0.133. The maximum Gasteiger partial charge on any atom is 0.344 e. The van der Waals surface area contributed by atoms with Crippen molar-refractivity contribution in [2.45, 2.75) is 56.5 Å². The summed E-state index contributed by atoms with van der Waals surface area (Å²) in [6.45, 7) is 0. The Morgan fingerprint density at radius 2 is 1.95 bits per heavy atom. The molecule has 7 heteroatoms. The first-order valence-electron chi connectivity index (χ1n) is 6.85. The van der Waals surface area contributed by atoms with Crippen LogP contribution in [0.15, 0.2) is 0 Å². The van der Waals surface area contributed by atoms with E-state index in [-0.39, 0.29) is 5.91 Å². The SMILES string of the molecule is O=C1NC2(CCCCC2)C(=O)N1NC(=S)NC1CC1. The number of hydrazine groups is 1. The van der Waals surface area contributed by atoms with Crippen molar-refractivity contribution in [3.05, 3.63) is 0 Å². The smallest absolute Gasteiger partial charge is 0.344 e. The molecule has 3 N–H and O–H groups in total. The predicted octanol–water partition coefficient (Wildman–Crippen LogP) is 0.783. The Bertz CT molecular complexity index is 429. The van der Waals surface area contributed by atoms with Gasteiger partial charge in [0.1, 0.15) is 5.54 Å². The van der Waals surface area contributed by atoms with Crippen LogP contribution in [0.1, 0.15) is 44.9 Å². The molecule has 0 radical (unpaired) electrons. The molecule has 19 heavy (non-hydrogen) atoms. The summed E-state index contributed by atoms with van der Waals surface area (Å²) in [6, 6.07) is -0.00347. The van der Waals surface area contributed by atoms with Crippen LogP contribution in [0.5, 0.6) is 0 Å². The molecular weight excluding hydrogens is 264 g/mol. The Balaban J connectivity index is 1.66. The van der Waals surface area contributed by atoms with Gasteiger partial charge in [-0.05, 0) is 37.9 Å². The first kappa shape index (κ1) is 12.7. The monoisotopic (exact) mass is 282 g/mol. The second-order valence-corrected chi connectivity index (χ2v) is 5.98. The van der Waals surface area contributed by atoms with Crippen molar-refractivity contribution in [1.29, 1.82) is 0 Å². The van der Waals surface area contributed by atoms with Gasteiger partial charge in [0.15, 0.2) is 5.11 Å². The van der Waals surface area contributed by atoms with Crippen LogP contribution in [0.2, 0.25) is 0 Å². The Morgan fingerprint density at radius 1 is 1.26 bits per heavy atom. The largest absolute Gasteiger partial charge is 0.359 e. The summed E-state index contributed by atoms with van der Waals surface area (Å²) in [4.78, 5) is 24.4. The highest BCUT2D eigenvalue weighted by Gasteiger charge is 2.52. The van der Waals surface area contributed by atoms with Gasteiger partial charge in [0, 0.05) is 6.04 Å². The average Bonchev–Trinajstić information content (AvgIpc) is 3.16. The van der Waals surface area contributed by atoms with E-state index in [0.717, 1.165) is 50.0 Å². The van der Waals surface area contributed by atoms with Crippen molar-refractivity contribution < 1.29 is 9.59 Å². The van der Waals surface area contributed by atoms with E-state index in [1.165, 1.54) is 0 Å². The summed E-state index contributed by atoms with van der Waals surface area (Å²) in [5, 5.41) is 7.27. The van der Waals surface area contributed by atoms with Crippen LogP contribution in [0.4, 0.5) is 4.79 Å². The van der Waals surface area contributed by atoms with Gasteiger partial charge in [-0.1, -0.05) is 19.3 Å². The van der Waals surface area contributed by atoms with E-state index in [9.17, 15) is 9.59 Å². The van der Waals surface area contributed by atoms with Crippen LogP contribution in [-0.2, 0) is 4.79 Å². The van der Waals surface area contributed by atoms with Gasteiger partial charge < -0.3 is 10.6 Å². The zero-order valence-electron chi connectivity index (χ0n) is 10.7. The number of rotatable bonds is 2. The summed E-state index contributed by atoms with van der Waals surface area (Å²) >= 11 is 5.11. The number of imide groups is 1. The lowest BCUT2D eigenvalue weighted by Gasteiger charge is -2.30. The van der Waals surface area contributed by atoms with Crippen molar-refractivity contribution in [3.63, 3.8) is 0 Å². The molecule has 3 amide bonds. The van der Waals surface area contributed by atoms with Crippen molar-refractivity contribution >= 4 is 29.3 Å². The fourth-order valence-electron chi connectivity index (χ4n) is 2.76. The highest BCUT2D eigenvalue weighted by molar-refractivity contribution is 7.80. The molecule has 1 heterocycles. The van der Waals surface area contributed by atoms with Crippen molar-refractivity contribution in [2.24, 2.45) is 0 Å². The number of carbonyl (C=O) groups is 2. The molecule has 0 bridgehead atoms. The van der Waals surface area contributed by atoms with Crippen LogP contribution in [0.3, 0.4) is 0 Å². The van der Waals surface area contributed by atoms with Crippen LogP contribution >= 0.6 is 12.2 Å². The van der Waals surface area contributed by atoms with Gasteiger partial charge in [-0.15, -0.1) is 0 Å². The molecule has 3 rings (SSSR count). The Morgan fingerprint density at radius 3 is 2.58 bits per heavy atom. The molecule has 0 atom stereocenters. The predicted molar refractivity (Wildman–Crippen MR) is 73.1 cm³/mol. The summed E-state index contributed by atoms with van der Waals surface area (Å²) in [6.07, 6.45) is 6.70. The summed E-state index contributed by atoms with van der Waals surface area (Å²) in [5.74, 6) is -0.197. The number of hydrogen-bond acceptors (Lipinski definition) is 3. The molecular formula is C12H18N4O2S. The molecule has 6 nitrogen and oxygen atoms in total. The second kappa shape index (κ2) is 4.63. The highest BCUT2D eigenvalue weighted by Crippen LogP contribution is 2.33. The number of urea groups is 1. The zero-order chi connectivity index (χ0) is 13.5. The molecule has 2 aliphatic carbocycles. The van der Waals surface area contributed by atoms with Crippen LogP contribution in [0, 0.1) is 0 Å². The summed E-state index contributed by atoms with van der Waals surface area (Å²) in [7, 11) is 0. The third kappa shape index (κ3) is 2.39. The van der Waals surface area contributed by atoms with Gasteiger partial charge in [0.25, 0.3) is 5.91 Å². The van der Waals surface area contributed by atoms with Gasteiger partial charge in [-0.25, -0.2) is 4.79 Å². The summed E-state index contributed by atoms with van der Waals surface area (Å²) < 4.78 is 0. The van der Waals surface area contributed by atoms with Crippen molar-refractivity contribution in [2.75, 3.05) is 0 Å². The van der Waals surface area contributed by atoms with E-state index in [1.807, 2.05) is 0 Å². The minimum Gasteiger partial charge on any atom is -0.359 e. The number of carbonyl (C=O) groups excluding carboxylic acids is 2. The molecule has 0 unspecified atom stereocenters. The number of nitrogens with zero attached hydrogens (tertiary/aromatic N) is 1. The lowest BCUT2D eigenvalue weighted by atomic mass is 9.82. The van der Waals surface area contributed by atoms with E-state index >= 15 is 0 Å². The minimum atomic E-state index is -0.697. The van der Waals surface area contributed by atoms with Gasteiger partial charge in [-0.3, -0.25) is 10.2 Å². The maximum absolute atomic E-state index is 12.4. The Labute approximate surface area is 117 Å². The highest BCUT2D eigenvalue weighted by atomic mass is 32.1. The van der Waals surface area contributed by atoms with Crippen molar-refractivity contribution in [1.82, 2.24) is 21.1 Å². The van der Waals surface area contributed by atoms with Gasteiger partial charge in [-0.2, -0.15) is 5.01 Å². The number of thiocarbonyl (C=S) groups is 1. The molecule has 104 valence electrons. The van der Waals surface area contributed by atoms with E-state index in [0.29, 0.717) is 11.2 Å². The topological polar surface area (TPSA) is 73.5 Å². The minimum absolute atomic E-state index is 0.197. The van der Waals surface area contributed by atoms with E-state index in [1.54, 1.807) is 0 Å². The van der Waals surface area contributed by atoms with E-state index in [4.69, 9.17) is 12.2 Å². The first-order valence-corrected chi connectivity index (χ1v) is 7.25. The van der Waals surface area contributed by atoms with Gasteiger partial charge >= 0.3 is 6.03 Å². The molecule has 2 saturated carbocycles. The molecule has 0 aromatic heterocycles. The molecule has 3 fully saturated rings. The summed E-state index contributed by atoms with van der Waals surface area (Å²) in [5.41, 5.74) is 2.02. The maximum atomic E-state index is 12.4. The normalized spacial score (nSPS) is 25.4. The number of amides is 3. The Kier molecular flexibility index (Phi) is 3.08. The number of hydrogen-bond donors (Lipinski definition) is 3. The van der Waals surface area contributed by atoms with E-state index < -0.39 is 11.6 Å². The standard InChI is InChI=1S/C12H18N4O2S/c17-9-12(6-2-1-3-7-12)14-11(18)16(9)15-10(19)13-8-4-5-8/h8H,1-7H2,(H,14,18)(H2,13,15,19). The quantitative estimate of drug-likeness (QED) is 0.516. The molecule has 1 spiro atoms. The van der Waals surface area contributed by atoms with Crippen LogP contribution in [0.25, 0.3) is 0 Å². The van der Waals surface area contributed by atoms with Crippen molar-refractivity contribution in [3.8, 4) is 0 Å². The fraction of sp³-hybridized carbons (Fsp3) is 0.750. The van der Waals surface area contributed by atoms with Gasteiger partial charge in [0.05, 0.1) is 0 Å². The van der Waals surface area contributed by atoms with E-state index in [2.05, 4.69) is 16.1 Å².